The molecule has 1 heterocycles. The zero-order valence-corrected chi connectivity index (χ0v) is 16.5. The summed E-state index contributed by atoms with van der Waals surface area (Å²) < 4.78 is 5.50. The lowest BCUT2D eigenvalue weighted by Crippen LogP contribution is -2.38. The molecular formula is C23H22ClNO3. The molecule has 2 aromatic carbocycles. The Morgan fingerprint density at radius 3 is 2.54 bits per heavy atom. The summed E-state index contributed by atoms with van der Waals surface area (Å²) in [7, 11) is 0. The van der Waals surface area contributed by atoms with Crippen LogP contribution < -0.4 is 10.1 Å². The van der Waals surface area contributed by atoms with Crippen molar-refractivity contribution in [1.29, 1.82) is 0 Å². The number of ketones is 1. The molecule has 2 aromatic rings. The molecule has 0 saturated carbocycles. The number of benzene rings is 2. The van der Waals surface area contributed by atoms with Crippen molar-refractivity contribution < 1.29 is 14.3 Å². The Labute approximate surface area is 169 Å². The fourth-order valence-electron chi connectivity index (χ4n) is 4.21. The molecule has 1 N–H and O–H groups in total. The van der Waals surface area contributed by atoms with Gasteiger partial charge in [-0.3, -0.25) is 9.59 Å². The van der Waals surface area contributed by atoms with Gasteiger partial charge in [-0.25, -0.2) is 0 Å². The van der Waals surface area contributed by atoms with Crippen LogP contribution in [-0.2, 0) is 9.59 Å². The van der Waals surface area contributed by atoms with Gasteiger partial charge in [-0.05, 0) is 54.7 Å². The van der Waals surface area contributed by atoms with Crippen LogP contribution in [-0.4, -0.2) is 18.3 Å². The lowest BCUT2D eigenvalue weighted by molar-refractivity contribution is -0.122. The van der Waals surface area contributed by atoms with E-state index in [2.05, 4.69) is 5.32 Å². The minimum atomic E-state index is -0.226. The second-order valence-corrected chi connectivity index (χ2v) is 7.72. The Hall–Kier alpha value is -2.59. The summed E-state index contributed by atoms with van der Waals surface area (Å²) in [6, 6.07) is 15.3. The minimum Gasteiger partial charge on any atom is -0.494 e. The van der Waals surface area contributed by atoms with Crippen LogP contribution in [0.15, 0.2) is 59.8 Å². The van der Waals surface area contributed by atoms with Gasteiger partial charge in [0.1, 0.15) is 5.75 Å². The summed E-state index contributed by atoms with van der Waals surface area (Å²) in [6.07, 6.45) is 1.37. The molecule has 0 radical (unpaired) electrons. The van der Waals surface area contributed by atoms with E-state index in [0.29, 0.717) is 24.5 Å². The number of allylic oxidation sites excluding steroid dienone is 2. The van der Waals surface area contributed by atoms with Gasteiger partial charge in [-0.1, -0.05) is 35.9 Å². The molecule has 0 aromatic heterocycles. The summed E-state index contributed by atoms with van der Waals surface area (Å²) in [5, 5.41) is 3.57. The molecule has 28 heavy (non-hydrogen) atoms. The van der Waals surface area contributed by atoms with E-state index in [1.807, 2.05) is 49.4 Å². The molecule has 2 aliphatic rings. The van der Waals surface area contributed by atoms with Crippen molar-refractivity contribution in [2.75, 3.05) is 6.61 Å². The number of Topliss-reactive ketones (excluding diaryl/α,β-unsaturated/α-hetero) is 1. The number of hydrogen-bond acceptors (Lipinski definition) is 3. The number of hydrogen-bond donors (Lipinski definition) is 1. The molecule has 2 atom stereocenters. The molecule has 1 aliphatic carbocycles. The van der Waals surface area contributed by atoms with E-state index in [-0.39, 0.29) is 29.9 Å². The van der Waals surface area contributed by atoms with E-state index in [0.717, 1.165) is 28.1 Å². The van der Waals surface area contributed by atoms with Crippen LogP contribution in [0.1, 0.15) is 49.1 Å². The first-order chi connectivity index (χ1) is 13.5. The third-order valence-corrected chi connectivity index (χ3v) is 5.68. The number of rotatable bonds is 4. The average Bonchev–Trinajstić information content (AvgIpc) is 2.68. The number of carbonyl (C=O) groups excluding carboxylic acids is 2. The van der Waals surface area contributed by atoms with Gasteiger partial charge >= 0.3 is 0 Å². The van der Waals surface area contributed by atoms with E-state index < -0.39 is 0 Å². The van der Waals surface area contributed by atoms with E-state index in [4.69, 9.17) is 16.3 Å². The highest BCUT2D eigenvalue weighted by atomic mass is 35.5. The van der Waals surface area contributed by atoms with Crippen LogP contribution in [0.2, 0.25) is 5.02 Å². The van der Waals surface area contributed by atoms with Crippen molar-refractivity contribution in [3.05, 3.63) is 76.0 Å². The van der Waals surface area contributed by atoms with E-state index in [1.54, 1.807) is 6.07 Å². The first kappa shape index (κ1) is 18.8. The van der Waals surface area contributed by atoms with Gasteiger partial charge in [0.15, 0.2) is 5.78 Å². The predicted molar refractivity (Wildman–Crippen MR) is 109 cm³/mol. The monoisotopic (exact) mass is 395 g/mol. The summed E-state index contributed by atoms with van der Waals surface area (Å²) in [5.74, 6) is 0.700. The standard InChI is InChI=1S/C23H22ClNO3/c1-2-28-18-8-6-14(7-9-18)16-11-20-23(21(26)12-16)19(13-22(27)25-20)15-4-3-5-17(24)10-15/h3-10,16,19H,2,11-13H2,1H3,(H,25,27). The van der Waals surface area contributed by atoms with Crippen LogP contribution in [0.25, 0.3) is 0 Å². The first-order valence-electron chi connectivity index (χ1n) is 9.59. The Morgan fingerprint density at radius 2 is 1.82 bits per heavy atom. The highest BCUT2D eigenvalue weighted by molar-refractivity contribution is 6.30. The number of amides is 1. The zero-order valence-electron chi connectivity index (χ0n) is 15.7. The summed E-state index contributed by atoms with van der Waals surface area (Å²) in [4.78, 5) is 25.4. The maximum atomic E-state index is 13.1. The second-order valence-electron chi connectivity index (χ2n) is 7.28. The predicted octanol–water partition coefficient (Wildman–Crippen LogP) is 4.74. The first-order valence-corrected chi connectivity index (χ1v) is 9.97. The van der Waals surface area contributed by atoms with E-state index in [1.165, 1.54) is 0 Å². The molecule has 4 rings (SSSR count). The molecular weight excluding hydrogens is 374 g/mol. The largest absolute Gasteiger partial charge is 0.494 e. The Bertz CT molecular complexity index is 949. The van der Waals surface area contributed by atoms with Crippen molar-refractivity contribution >= 4 is 23.3 Å². The summed E-state index contributed by atoms with van der Waals surface area (Å²) in [6.45, 7) is 2.57. The number of nitrogens with one attached hydrogen (secondary N) is 1. The fourth-order valence-corrected chi connectivity index (χ4v) is 4.41. The Kier molecular flexibility index (Phi) is 5.23. The number of ether oxygens (including phenoxy) is 1. The topological polar surface area (TPSA) is 55.4 Å². The molecule has 5 heteroatoms. The van der Waals surface area contributed by atoms with Crippen LogP contribution >= 0.6 is 11.6 Å². The maximum Gasteiger partial charge on any atom is 0.225 e. The molecule has 4 nitrogen and oxygen atoms in total. The van der Waals surface area contributed by atoms with Gasteiger partial charge in [0.05, 0.1) is 6.61 Å². The lowest BCUT2D eigenvalue weighted by atomic mass is 9.73. The molecule has 1 aliphatic heterocycles. The van der Waals surface area contributed by atoms with Gasteiger partial charge < -0.3 is 10.1 Å². The van der Waals surface area contributed by atoms with Crippen molar-refractivity contribution in [1.82, 2.24) is 5.32 Å². The number of carbonyl (C=O) groups is 2. The van der Waals surface area contributed by atoms with E-state index in [9.17, 15) is 9.59 Å². The fraction of sp³-hybridized carbons (Fsp3) is 0.304. The molecule has 0 bridgehead atoms. The zero-order chi connectivity index (χ0) is 19.7. The Morgan fingerprint density at radius 1 is 1.04 bits per heavy atom. The quantitative estimate of drug-likeness (QED) is 0.813. The van der Waals surface area contributed by atoms with Crippen molar-refractivity contribution in [3.63, 3.8) is 0 Å². The average molecular weight is 396 g/mol. The maximum absolute atomic E-state index is 13.1. The third-order valence-electron chi connectivity index (χ3n) is 5.45. The van der Waals surface area contributed by atoms with Crippen molar-refractivity contribution in [3.8, 4) is 5.75 Å². The molecule has 0 saturated heterocycles. The summed E-state index contributed by atoms with van der Waals surface area (Å²) >= 11 is 6.14. The van der Waals surface area contributed by atoms with Gasteiger partial charge in [0, 0.05) is 35.1 Å². The molecule has 144 valence electrons. The minimum absolute atomic E-state index is 0.0520. The normalized spacial score (nSPS) is 21.9. The van der Waals surface area contributed by atoms with Crippen LogP contribution in [0.3, 0.4) is 0 Å². The van der Waals surface area contributed by atoms with Gasteiger partial charge in [-0.2, -0.15) is 0 Å². The summed E-state index contributed by atoms with van der Waals surface area (Å²) in [5.41, 5.74) is 3.51. The van der Waals surface area contributed by atoms with Crippen LogP contribution in [0, 0.1) is 0 Å². The smallest absolute Gasteiger partial charge is 0.225 e. The third kappa shape index (κ3) is 3.69. The molecule has 0 spiro atoms. The van der Waals surface area contributed by atoms with Gasteiger partial charge in [-0.15, -0.1) is 0 Å². The highest BCUT2D eigenvalue weighted by Crippen LogP contribution is 2.43. The molecule has 1 amide bonds. The highest BCUT2D eigenvalue weighted by Gasteiger charge is 2.38. The van der Waals surface area contributed by atoms with Crippen molar-refractivity contribution in [2.24, 2.45) is 0 Å². The number of halogens is 1. The van der Waals surface area contributed by atoms with E-state index >= 15 is 0 Å². The van der Waals surface area contributed by atoms with Crippen LogP contribution in [0.5, 0.6) is 5.75 Å². The Balaban J connectivity index is 1.65. The molecule has 2 unspecified atom stereocenters. The lowest BCUT2D eigenvalue weighted by Gasteiger charge is -2.34. The van der Waals surface area contributed by atoms with Crippen molar-refractivity contribution in [2.45, 2.75) is 38.0 Å². The van der Waals surface area contributed by atoms with Crippen LogP contribution in [0.4, 0.5) is 0 Å². The molecule has 0 fully saturated rings. The van der Waals surface area contributed by atoms with Gasteiger partial charge in [0.2, 0.25) is 5.91 Å². The van der Waals surface area contributed by atoms with Gasteiger partial charge in [0.25, 0.3) is 0 Å². The second kappa shape index (κ2) is 7.80. The SMILES string of the molecule is CCOc1ccc(C2CC(=O)C3=C(C2)NC(=O)CC3c2cccc(Cl)c2)cc1.